The molecule has 0 atom stereocenters. The Hall–Kier alpha value is -0.440. The van der Waals surface area contributed by atoms with E-state index in [4.69, 9.17) is 0 Å². The van der Waals surface area contributed by atoms with Crippen molar-refractivity contribution in [3.63, 3.8) is 0 Å². The van der Waals surface area contributed by atoms with Crippen molar-refractivity contribution >= 4 is 25.0 Å². The summed E-state index contributed by atoms with van der Waals surface area (Å²) in [6.45, 7) is 0. The van der Waals surface area contributed by atoms with Gasteiger partial charge in [0.05, 0.1) is 0 Å². The molecule has 0 fully saturated rings. The van der Waals surface area contributed by atoms with Crippen LogP contribution < -0.4 is 10.7 Å². The summed E-state index contributed by atoms with van der Waals surface area (Å²) < 4.78 is 39.6. The molecular weight excluding hydrogens is 168 g/mol. The van der Waals surface area contributed by atoms with Gasteiger partial charge in [0.15, 0.2) is 4.70 Å². The monoisotopic (exact) mass is 172 g/mol. The minimum Gasteiger partial charge on any atom is -0.257 e. The Labute approximate surface area is 53.2 Å². The standard InChI is InChI=1S/CH4N2O4S2/c2-3-9(6,7)1-8(4)5/h1,3H,2H2. The van der Waals surface area contributed by atoms with E-state index in [2.05, 4.69) is 5.84 Å². The molecule has 0 aromatic heterocycles. The van der Waals surface area contributed by atoms with Gasteiger partial charge in [0.2, 0.25) is 10.3 Å². The molecule has 0 amide bonds. The number of hydrazine groups is 1. The lowest BCUT2D eigenvalue weighted by Crippen LogP contribution is -2.30. The minimum atomic E-state index is -3.93. The Bertz CT molecular complexity index is 287. The smallest absolute Gasteiger partial charge is 0.257 e. The molecule has 6 nitrogen and oxygen atoms in total. The van der Waals surface area contributed by atoms with Crippen LogP contribution in [0.4, 0.5) is 0 Å². The van der Waals surface area contributed by atoms with Gasteiger partial charge in [-0.15, -0.1) is 4.83 Å². The second-order valence-electron chi connectivity index (χ2n) is 1.02. The van der Waals surface area contributed by atoms with Gasteiger partial charge in [-0.2, -0.15) is 8.42 Å². The number of hydrogen-bond donors (Lipinski definition) is 2. The summed E-state index contributed by atoms with van der Waals surface area (Å²) in [5.41, 5.74) is 0. The van der Waals surface area contributed by atoms with E-state index in [0.29, 0.717) is 0 Å². The Balaban J connectivity index is 4.85. The van der Waals surface area contributed by atoms with Crippen LogP contribution in [0.1, 0.15) is 0 Å². The topological polar surface area (TPSA) is 106 Å². The second kappa shape index (κ2) is 2.92. The molecule has 0 spiro atoms. The molecule has 0 aromatic carbocycles. The fraction of sp³-hybridized carbons (Fsp3) is 0. The molecule has 3 N–H and O–H groups in total. The fourth-order valence-electron chi connectivity index (χ4n) is 0.131. The second-order valence-corrected chi connectivity index (χ2v) is 3.64. The van der Waals surface area contributed by atoms with Crippen molar-refractivity contribution < 1.29 is 16.8 Å². The lowest BCUT2D eigenvalue weighted by atomic mass is 11.9. The summed E-state index contributed by atoms with van der Waals surface area (Å²) in [5.74, 6) is 4.41. The van der Waals surface area contributed by atoms with Gasteiger partial charge in [0, 0.05) is 0 Å². The first-order chi connectivity index (χ1) is 3.98. The van der Waals surface area contributed by atoms with Crippen LogP contribution in [0.25, 0.3) is 0 Å². The molecule has 0 saturated carbocycles. The summed E-state index contributed by atoms with van der Waals surface area (Å²) >= 11 is 0. The van der Waals surface area contributed by atoms with E-state index in [1.165, 1.54) is 4.83 Å². The van der Waals surface area contributed by atoms with Crippen molar-refractivity contribution in [2.75, 3.05) is 0 Å². The third-order valence-electron chi connectivity index (χ3n) is 0.370. The van der Waals surface area contributed by atoms with E-state index >= 15 is 0 Å². The van der Waals surface area contributed by atoms with E-state index in [9.17, 15) is 16.8 Å². The number of nitrogens with one attached hydrogen (secondary N) is 1. The SMILES string of the molecule is NNS(=O)(=O)C=S(=O)=O. The van der Waals surface area contributed by atoms with Crippen LogP contribution in [-0.2, 0) is 20.3 Å². The quantitative estimate of drug-likeness (QED) is 0.270. The van der Waals surface area contributed by atoms with E-state index in [1.807, 2.05) is 0 Å². The summed E-state index contributed by atoms with van der Waals surface area (Å²) in [6.07, 6.45) is 0. The first kappa shape index (κ1) is 8.56. The van der Waals surface area contributed by atoms with Gasteiger partial charge in [-0.3, -0.25) is 5.84 Å². The highest BCUT2D eigenvalue weighted by molar-refractivity contribution is 8.11. The molecule has 54 valence electrons. The van der Waals surface area contributed by atoms with E-state index < -0.39 is 20.3 Å². The Morgan fingerprint density at radius 1 is 1.44 bits per heavy atom. The zero-order valence-corrected chi connectivity index (χ0v) is 5.74. The molecule has 0 aliphatic carbocycles. The van der Waals surface area contributed by atoms with Crippen LogP contribution in [0.2, 0.25) is 0 Å². The molecule has 0 rings (SSSR count). The third-order valence-corrected chi connectivity index (χ3v) is 2.34. The number of sulfonamides is 1. The lowest BCUT2D eigenvalue weighted by Gasteiger charge is -1.86. The number of hydrogen-bond acceptors (Lipinski definition) is 5. The van der Waals surface area contributed by atoms with Crippen LogP contribution in [0.5, 0.6) is 0 Å². The first-order valence-corrected chi connectivity index (χ1v) is 4.32. The van der Waals surface area contributed by atoms with Crippen LogP contribution >= 0.6 is 0 Å². The van der Waals surface area contributed by atoms with Crippen LogP contribution in [0, 0.1) is 0 Å². The maximum absolute atomic E-state index is 10.1. The third kappa shape index (κ3) is 4.09. The molecule has 0 radical (unpaired) electrons. The van der Waals surface area contributed by atoms with Crippen LogP contribution in [0.3, 0.4) is 0 Å². The van der Waals surface area contributed by atoms with Crippen LogP contribution in [0.15, 0.2) is 0 Å². The molecule has 0 saturated heterocycles. The van der Waals surface area contributed by atoms with Crippen LogP contribution in [-0.4, -0.2) is 21.5 Å². The number of nitrogens with two attached hydrogens (primary N) is 1. The average Bonchev–Trinajstić information content (AvgIpc) is 1.63. The van der Waals surface area contributed by atoms with Crippen molar-refractivity contribution in [2.45, 2.75) is 0 Å². The highest BCUT2D eigenvalue weighted by atomic mass is 32.2. The summed E-state index contributed by atoms with van der Waals surface area (Å²) in [5, 5.41) is 0. The fourth-order valence-corrected chi connectivity index (χ4v) is 1.18. The van der Waals surface area contributed by atoms with Gasteiger partial charge in [0.1, 0.15) is 0 Å². The predicted molar refractivity (Wildman–Crippen MR) is 31.2 cm³/mol. The van der Waals surface area contributed by atoms with Crippen molar-refractivity contribution in [3.8, 4) is 0 Å². The van der Waals surface area contributed by atoms with Gasteiger partial charge in [0.25, 0.3) is 10.0 Å². The Kier molecular flexibility index (Phi) is 2.77. The Morgan fingerprint density at radius 3 is 2.00 bits per heavy atom. The molecular formula is CH4N2O4S2. The largest absolute Gasteiger partial charge is 0.261 e. The average molecular weight is 172 g/mol. The molecule has 0 aromatic rings. The zero-order chi connectivity index (χ0) is 7.49. The van der Waals surface area contributed by atoms with Gasteiger partial charge in [-0.1, -0.05) is 0 Å². The Morgan fingerprint density at radius 2 is 1.89 bits per heavy atom. The highest BCUT2D eigenvalue weighted by Gasteiger charge is 2.00. The maximum atomic E-state index is 10.1. The molecule has 0 aliphatic rings. The molecule has 9 heavy (non-hydrogen) atoms. The van der Waals surface area contributed by atoms with Crippen molar-refractivity contribution in [1.29, 1.82) is 0 Å². The van der Waals surface area contributed by atoms with Gasteiger partial charge in [-0.05, 0) is 0 Å². The predicted octanol–water partition coefficient (Wildman–Crippen LogP) is -2.58. The number of rotatable bonds is 2. The summed E-state index contributed by atoms with van der Waals surface area (Å²) in [6, 6.07) is 0. The molecule has 0 unspecified atom stereocenters. The highest BCUT2D eigenvalue weighted by Crippen LogP contribution is 1.66. The van der Waals surface area contributed by atoms with E-state index in [-0.39, 0.29) is 4.70 Å². The van der Waals surface area contributed by atoms with E-state index in [0.717, 1.165) is 0 Å². The molecule has 8 heteroatoms. The normalized spacial score (nSPS) is 10.8. The summed E-state index contributed by atoms with van der Waals surface area (Å²) in [7, 11) is -6.67. The zero-order valence-electron chi connectivity index (χ0n) is 4.10. The van der Waals surface area contributed by atoms with Gasteiger partial charge >= 0.3 is 0 Å². The minimum absolute atomic E-state index is 0.0625. The van der Waals surface area contributed by atoms with Gasteiger partial charge < -0.3 is 0 Å². The molecule has 0 heterocycles. The van der Waals surface area contributed by atoms with Crippen molar-refractivity contribution in [1.82, 2.24) is 4.83 Å². The lowest BCUT2D eigenvalue weighted by molar-refractivity contribution is 0.597. The first-order valence-electron chi connectivity index (χ1n) is 1.63. The van der Waals surface area contributed by atoms with E-state index in [1.54, 1.807) is 0 Å². The molecule has 0 bridgehead atoms. The summed E-state index contributed by atoms with van der Waals surface area (Å²) in [4.78, 5) is 1.30. The molecule has 0 aliphatic heterocycles. The van der Waals surface area contributed by atoms with Gasteiger partial charge in [-0.25, -0.2) is 8.42 Å². The van der Waals surface area contributed by atoms with Crippen molar-refractivity contribution in [3.05, 3.63) is 0 Å². The maximum Gasteiger partial charge on any atom is 0.261 e. The van der Waals surface area contributed by atoms with Crippen molar-refractivity contribution in [2.24, 2.45) is 5.84 Å².